The van der Waals surface area contributed by atoms with Crippen LogP contribution >= 0.6 is 8.58 Å². The average Bonchev–Trinajstić information content (AvgIpc) is 2.74. The lowest BCUT2D eigenvalue weighted by atomic mass is 9.88. The van der Waals surface area contributed by atoms with Gasteiger partial charge in [0.2, 0.25) is 0 Å². The van der Waals surface area contributed by atoms with Crippen LogP contribution in [0.25, 0.3) is 6.08 Å². The third-order valence-corrected chi connectivity index (χ3v) is 6.69. The van der Waals surface area contributed by atoms with Gasteiger partial charge in [-0.15, -0.1) is 8.58 Å². The molecule has 1 nitrogen and oxygen atoms in total. The van der Waals surface area contributed by atoms with E-state index in [1.165, 1.54) is 81.8 Å². The lowest BCUT2D eigenvalue weighted by molar-refractivity contribution is 0.209. The minimum Gasteiger partial charge on any atom is -0.493 e. The summed E-state index contributed by atoms with van der Waals surface area (Å²) in [6, 6.07) is 6.44. The number of hydrogen-bond acceptors (Lipinski definition) is 1. The largest absolute Gasteiger partial charge is 0.493 e. The molecule has 3 rings (SSSR count). The third kappa shape index (κ3) is 8.82. The summed E-state index contributed by atoms with van der Waals surface area (Å²) in [4.78, 5) is 0. The summed E-state index contributed by atoms with van der Waals surface area (Å²) in [6.45, 7) is 7.55. The molecule has 0 amide bonds. The normalized spacial score (nSPS) is 19.4. The van der Waals surface area contributed by atoms with Crippen LogP contribution < -0.4 is 4.74 Å². The predicted octanol–water partition coefficient (Wildman–Crippen LogP) is 8.21. The van der Waals surface area contributed by atoms with E-state index < -0.39 is 0 Å². The molecule has 1 aromatic carbocycles. The van der Waals surface area contributed by atoms with Crippen LogP contribution in [0, 0.1) is 18.8 Å². The fourth-order valence-corrected chi connectivity index (χ4v) is 4.57. The van der Waals surface area contributed by atoms with E-state index in [2.05, 4.69) is 50.6 Å². The van der Waals surface area contributed by atoms with Crippen LogP contribution in [0.15, 0.2) is 24.0 Å². The van der Waals surface area contributed by atoms with Gasteiger partial charge in [0.05, 0.1) is 6.61 Å². The Morgan fingerprint density at radius 2 is 1.59 bits per heavy atom. The smallest absolute Gasteiger partial charge is 0.119 e. The predicted molar refractivity (Wildman–Crippen MR) is 123 cm³/mol. The summed E-state index contributed by atoms with van der Waals surface area (Å²) < 4.78 is 5.99. The third-order valence-electron chi connectivity index (χ3n) is 6.19. The Labute approximate surface area is 170 Å². The summed E-state index contributed by atoms with van der Waals surface area (Å²) >= 11 is 0. The first-order valence-corrected chi connectivity index (χ1v) is 12.9. The second kappa shape index (κ2) is 13.4. The van der Waals surface area contributed by atoms with Crippen LogP contribution in [0.5, 0.6) is 5.75 Å². The van der Waals surface area contributed by atoms with E-state index in [9.17, 15) is 0 Å². The van der Waals surface area contributed by atoms with Gasteiger partial charge in [-0.3, -0.25) is 0 Å². The van der Waals surface area contributed by atoms with Gasteiger partial charge in [-0.2, -0.15) is 0 Å². The monoisotopic (exact) mass is 388 g/mol. The molecule has 0 aliphatic heterocycles. The molecule has 2 heteroatoms. The van der Waals surface area contributed by atoms with E-state index in [1.807, 2.05) is 0 Å². The second-order valence-electron chi connectivity index (χ2n) is 8.37. The van der Waals surface area contributed by atoms with Crippen molar-refractivity contribution >= 4 is 14.7 Å². The molecule has 0 saturated heterocycles. The Kier molecular flexibility index (Phi) is 11.1. The highest BCUT2D eigenvalue weighted by molar-refractivity contribution is 7.40. The highest BCUT2D eigenvalue weighted by Gasteiger charge is 2.14. The van der Waals surface area contributed by atoms with Gasteiger partial charge in [0.15, 0.2) is 0 Å². The molecule has 2 fully saturated rings. The minimum absolute atomic E-state index is 0.770. The van der Waals surface area contributed by atoms with E-state index in [0.717, 1.165) is 32.8 Å². The molecule has 2 saturated carbocycles. The molecule has 0 spiro atoms. The molecular formula is C25H41OP. The zero-order valence-electron chi connectivity index (χ0n) is 17.9. The van der Waals surface area contributed by atoms with Crippen molar-refractivity contribution in [1.82, 2.24) is 0 Å². The number of ether oxygens (including phenoxy) is 1. The molecule has 0 heterocycles. The fraction of sp³-hybridized carbons (Fsp3) is 0.680. The van der Waals surface area contributed by atoms with E-state index in [0.29, 0.717) is 0 Å². The van der Waals surface area contributed by atoms with Gasteiger partial charge < -0.3 is 4.74 Å². The SMILES string of the molecule is CCC1CCCCC1.CP/C=C/c1cc(OCC2CCCCC2)ccc1C. The number of benzene rings is 1. The molecule has 0 radical (unpaired) electrons. The molecule has 152 valence electrons. The van der Waals surface area contributed by atoms with Crippen LogP contribution in [0.3, 0.4) is 0 Å². The van der Waals surface area contributed by atoms with Crippen molar-refractivity contribution in [1.29, 1.82) is 0 Å². The quantitative estimate of drug-likeness (QED) is 0.446. The maximum Gasteiger partial charge on any atom is 0.119 e. The van der Waals surface area contributed by atoms with Crippen molar-refractivity contribution in [3.63, 3.8) is 0 Å². The first-order valence-electron chi connectivity index (χ1n) is 11.3. The van der Waals surface area contributed by atoms with Crippen LogP contribution in [0.4, 0.5) is 0 Å². The molecule has 0 aromatic heterocycles. The average molecular weight is 389 g/mol. The van der Waals surface area contributed by atoms with Crippen molar-refractivity contribution < 1.29 is 4.74 Å². The topological polar surface area (TPSA) is 9.23 Å². The van der Waals surface area contributed by atoms with Gasteiger partial charge in [-0.1, -0.05) is 82.7 Å². The lowest BCUT2D eigenvalue weighted by Crippen LogP contribution is -2.15. The number of rotatable bonds is 6. The lowest BCUT2D eigenvalue weighted by Gasteiger charge is -2.21. The van der Waals surface area contributed by atoms with Gasteiger partial charge in [-0.05, 0) is 61.5 Å². The van der Waals surface area contributed by atoms with Gasteiger partial charge in [0, 0.05) is 0 Å². The summed E-state index contributed by atoms with van der Waals surface area (Å²) in [6.07, 6.45) is 18.0. The summed E-state index contributed by atoms with van der Waals surface area (Å²) in [5, 5.41) is 0. The zero-order valence-corrected chi connectivity index (χ0v) is 18.9. The maximum absolute atomic E-state index is 5.99. The zero-order chi connectivity index (χ0) is 19.3. The molecular weight excluding hydrogens is 347 g/mol. The Morgan fingerprint density at radius 3 is 2.15 bits per heavy atom. The maximum atomic E-state index is 5.99. The van der Waals surface area contributed by atoms with Gasteiger partial charge >= 0.3 is 0 Å². The minimum atomic E-state index is 0.770. The number of aryl methyl sites for hydroxylation is 1. The van der Waals surface area contributed by atoms with Crippen LogP contribution in [0.2, 0.25) is 0 Å². The van der Waals surface area contributed by atoms with Gasteiger partial charge in [-0.25, -0.2) is 0 Å². The highest BCUT2D eigenvalue weighted by atomic mass is 31.1. The molecule has 27 heavy (non-hydrogen) atoms. The van der Waals surface area contributed by atoms with Crippen LogP contribution in [0.1, 0.15) is 88.7 Å². The highest BCUT2D eigenvalue weighted by Crippen LogP contribution is 2.26. The molecule has 0 N–H and O–H groups in total. The molecule has 2 aliphatic rings. The van der Waals surface area contributed by atoms with Crippen LogP contribution in [-0.2, 0) is 0 Å². The standard InChI is InChI=1S/C17H25OP.C8H16/c1-14-8-9-17(12-16(14)10-11-19-2)18-13-15-6-4-3-5-7-15;1-2-8-6-4-3-5-7-8/h8-12,15,19H,3-7,13H2,1-2H3;8H,2-7H2,1H3/b11-10+;. The first-order chi connectivity index (χ1) is 13.2. The van der Waals surface area contributed by atoms with Crippen molar-refractivity contribution in [3.8, 4) is 5.75 Å². The molecule has 1 aromatic rings. The van der Waals surface area contributed by atoms with Crippen molar-refractivity contribution in [2.24, 2.45) is 11.8 Å². The van der Waals surface area contributed by atoms with E-state index in [4.69, 9.17) is 4.74 Å². The summed E-state index contributed by atoms with van der Waals surface area (Å²) in [7, 11) is 0.859. The molecule has 1 unspecified atom stereocenters. The van der Waals surface area contributed by atoms with E-state index in [1.54, 1.807) is 0 Å². The van der Waals surface area contributed by atoms with Gasteiger partial charge in [0.1, 0.15) is 5.75 Å². The first kappa shape index (κ1) is 22.5. The van der Waals surface area contributed by atoms with E-state index >= 15 is 0 Å². The molecule has 2 aliphatic carbocycles. The van der Waals surface area contributed by atoms with Crippen LogP contribution in [-0.4, -0.2) is 13.3 Å². The Hall–Kier alpha value is -0.810. The second-order valence-corrected chi connectivity index (χ2v) is 9.28. The molecule has 1 atom stereocenters. The Balaban J connectivity index is 0.000000273. The summed E-state index contributed by atoms with van der Waals surface area (Å²) in [5.74, 6) is 5.11. The molecule has 0 bridgehead atoms. The van der Waals surface area contributed by atoms with Crippen molar-refractivity contribution in [2.75, 3.05) is 13.3 Å². The Bertz CT molecular complexity index is 539. The summed E-state index contributed by atoms with van der Waals surface area (Å²) in [5.41, 5.74) is 2.61. The van der Waals surface area contributed by atoms with E-state index in [-0.39, 0.29) is 0 Å². The van der Waals surface area contributed by atoms with Gasteiger partial charge in [0.25, 0.3) is 0 Å². The van der Waals surface area contributed by atoms with Crippen molar-refractivity contribution in [3.05, 3.63) is 35.1 Å². The Morgan fingerprint density at radius 1 is 0.963 bits per heavy atom. The van der Waals surface area contributed by atoms with Crippen molar-refractivity contribution in [2.45, 2.75) is 84.5 Å². The number of hydrogen-bond donors (Lipinski definition) is 0. The fourth-order valence-electron chi connectivity index (χ4n) is 4.22.